The van der Waals surface area contributed by atoms with E-state index in [1.54, 1.807) is 0 Å². The molecular weight excluding hydrogens is 446 g/mol. The van der Waals surface area contributed by atoms with Gasteiger partial charge in [-0.1, -0.05) is 12.1 Å². The number of fused-ring (bicyclic) bond motifs is 1. The van der Waals surface area contributed by atoms with E-state index in [0.29, 0.717) is 17.1 Å². The number of rotatable bonds is 8. The highest BCUT2D eigenvalue weighted by molar-refractivity contribution is 6.07. The lowest BCUT2D eigenvalue weighted by atomic mass is 10.1. The summed E-state index contributed by atoms with van der Waals surface area (Å²) in [6.07, 6.45) is -4.14. The Labute approximate surface area is 185 Å². The smallest absolute Gasteiger partial charge is 0.395 e. The van der Waals surface area contributed by atoms with Crippen LogP contribution in [0.25, 0.3) is 10.8 Å². The molecule has 4 N–H and O–H groups in total. The lowest BCUT2D eigenvalue weighted by Crippen LogP contribution is -2.22. The van der Waals surface area contributed by atoms with Crippen LogP contribution in [0.4, 0.5) is 28.9 Å². The van der Waals surface area contributed by atoms with Crippen LogP contribution < -0.4 is 16.2 Å². The van der Waals surface area contributed by atoms with E-state index in [0.717, 1.165) is 12.1 Å². The summed E-state index contributed by atoms with van der Waals surface area (Å²) in [5.74, 6) is -2.32. The Balaban J connectivity index is 1.99. The number of hydrogen-bond acceptors (Lipinski definition) is 5. The van der Waals surface area contributed by atoms with E-state index in [1.807, 2.05) is 0 Å². The number of aliphatic hydroxyl groups is 2. The first-order valence-corrected chi connectivity index (χ1v) is 9.93. The molecule has 33 heavy (non-hydrogen) atoms. The van der Waals surface area contributed by atoms with Gasteiger partial charge in [-0.15, -0.1) is 0 Å². The SMILES string of the molecule is O=C(Cc1cccc(C(F)(F)F)c1F)Nc1c(NCCO)ccc2c(=O)n(CCO)ccc12. The van der Waals surface area contributed by atoms with Gasteiger partial charge in [0.15, 0.2) is 0 Å². The highest BCUT2D eigenvalue weighted by atomic mass is 19.4. The molecule has 3 rings (SSSR count). The first kappa shape index (κ1) is 24.2. The second-order valence-electron chi connectivity index (χ2n) is 7.14. The summed E-state index contributed by atoms with van der Waals surface area (Å²) in [5, 5.41) is 24.2. The largest absolute Gasteiger partial charge is 0.419 e. The van der Waals surface area contributed by atoms with Gasteiger partial charge in [0.05, 0.1) is 36.6 Å². The minimum Gasteiger partial charge on any atom is -0.395 e. The van der Waals surface area contributed by atoms with Crippen molar-refractivity contribution in [3.63, 3.8) is 0 Å². The third-order valence-electron chi connectivity index (χ3n) is 4.93. The van der Waals surface area contributed by atoms with Crippen LogP contribution in [0.15, 0.2) is 47.4 Å². The number of halogens is 4. The summed E-state index contributed by atoms with van der Waals surface area (Å²) in [5.41, 5.74) is -1.81. The monoisotopic (exact) mass is 467 g/mol. The van der Waals surface area contributed by atoms with Crippen molar-refractivity contribution in [2.24, 2.45) is 0 Å². The van der Waals surface area contributed by atoms with Crippen LogP contribution in [0.3, 0.4) is 0 Å². The van der Waals surface area contributed by atoms with Crippen molar-refractivity contribution in [2.45, 2.75) is 19.1 Å². The molecule has 0 radical (unpaired) electrons. The molecule has 0 aliphatic heterocycles. The van der Waals surface area contributed by atoms with E-state index in [1.165, 1.54) is 29.0 Å². The summed E-state index contributed by atoms with van der Waals surface area (Å²) in [7, 11) is 0. The third-order valence-corrected chi connectivity index (χ3v) is 4.93. The van der Waals surface area contributed by atoms with E-state index in [-0.39, 0.29) is 37.4 Å². The molecular formula is C22H21F4N3O4. The molecule has 0 atom stereocenters. The van der Waals surface area contributed by atoms with Gasteiger partial charge < -0.3 is 25.4 Å². The zero-order chi connectivity index (χ0) is 24.2. The highest BCUT2D eigenvalue weighted by Gasteiger charge is 2.35. The molecule has 0 saturated heterocycles. The lowest BCUT2D eigenvalue weighted by Gasteiger charge is -2.17. The summed E-state index contributed by atoms with van der Waals surface area (Å²) in [6.45, 7) is -0.291. The molecule has 7 nitrogen and oxygen atoms in total. The van der Waals surface area contributed by atoms with Gasteiger partial charge >= 0.3 is 6.18 Å². The van der Waals surface area contributed by atoms with Crippen LogP contribution in [0.5, 0.6) is 0 Å². The molecule has 0 fully saturated rings. The van der Waals surface area contributed by atoms with Crippen molar-refractivity contribution < 1.29 is 32.6 Å². The van der Waals surface area contributed by atoms with Gasteiger partial charge in [-0.3, -0.25) is 9.59 Å². The van der Waals surface area contributed by atoms with Crippen molar-refractivity contribution in [3.8, 4) is 0 Å². The number of nitrogens with one attached hydrogen (secondary N) is 2. The van der Waals surface area contributed by atoms with Crippen molar-refractivity contribution in [1.82, 2.24) is 4.57 Å². The number of hydrogen-bond donors (Lipinski definition) is 4. The van der Waals surface area contributed by atoms with Crippen molar-refractivity contribution >= 4 is 28.1 Å². The Morgan fingerprint density at radius 3 is 2.45 bits per heavy atom. The number of anilines is 2. The van der Waals surface area contributed by atoms with Crippen LogP contribution in [-0.2, 0) is 23.9 Å². The molecule has 3 aromatic rings. The first-order valence-electron chi connectivity index (χ1n) is 9.93. The van der Waals surface area contributed by atoms with Gasteiger partial charge in [0.25, 0.3) is 5.56 Å². The summed E-state index contributed by atoms with van der Waals surface area (Å²) in [6, 6.07) is 7.25. The molecule has 0 saturated carbocycles. The maximum Gasteiger partial charge on any atom is 0.419 e. The van der Waals surface area contributed by atoms with Gasteiger partial charge in [-0.25, -0.2) is 4.39 Å². The van der Waals surface area contributed by atoms with E-state index in [4.69, 9.17) is 10.2 Å². The minimum atomic E-state index is -4.90. The Kier molecular flexibility index (Phi) is 7.34. The number of amides is 1. The Morgan fingerprint density at radius 1 is 1.03 bits per heavy atom. The molecule has 2 aromatic carbocycles. The van der Waals surface area contributed by atoms with E-state index < -0.39 is 41.0 Å². The van der Waals surface area contributed by atoms with Crippen LogP contribution in [0, 0.1) is 5.82 Å². The van der Waals surface area contributed by atoms with Crippen molar-refractivity contribution in [2.75, 3.05) is 30.4 Å². The molecule has 0 bridgehead atoms. The van der Waals surface area contributed by atoms with E-state index >= 15 is 0 Å². The number of aromatic nitrogens is 1. The number of pyridine rings is 1. The molecule has 0 unspecified atom stereocenters. The summed E-state index contributed by atoms with van der Waals surface area (Å²) < 4.78 is 54.5. The van der Waals surface area contributed by atoms with Crippen LogP contribution in [0.2, 0.25) is 0 Å². The molecule has 0 aliphatic carbocycles. The third kappa shape index (κ3) is 5.32. The molecule has 176 valence electrons. The fraction of sp³-hybridized carbons (Fsp3) is 0.273. The Bertz CT molecular complexity index is 1220. The molecule has 0 spiro atoms. The van der Waals surface area contributed by atoms with Crippen LogP contribution in [0.1, 0.15) is 11.1 Å². The summed E-state index contributed by atoms with van der Waals surface area (Å²) >= 11 is 0. The average Bonchev–Trinajstić information content (AvgIpc) is 2.76. The van der Waals surface area contributed by atoms with Gasteiger partial charge in [0.2, 0.25) is 5.91 Å². The molecule has 1 aromatic heterocycles. The van der Waals surface area contributed by atoms with Gasteiger partial charge in [-0.2, -0.15) is 13.2 Å². The number of nitrogens with zero attached hydrogens (tertiary/aromatic N) is 1. The molecule has 1 amide bonds. The molecule has 1 heterocycles. The fourth-order valence-electron chi connectivity index (χ4n) is 3.41. The normalized spacial score (nSPS) is 11.6. The zero-order valence-corrected chi connectivity index (χ0v) is 17.2. The number of carbonyl (C=O) groups is 1. The zero-order valence-electron chi connectivity index (χ0n) is 17.2. The lowest BCUT2D eigenvalue weighted by molar-refractivity contribution is -0.140. The Hall–Kier alpha value is -3.44. The standard InChI is InChI=1S/C22H21F4N3O4/c23-19-13(2-1-3-16(19)22(24,25)26)12-18(32)28-20-14-6-8-29(9-11-31)21(33)15(14)4-5-17(20)27-7-10-30/h1-6,8,27,30-31H,7,9-12H2,(H,28,32). The van der Waals surface area contributed by atoms with Crippen molar-refractivity contribution in [1.29, 1.82) is 0 Å². The average molecular weight is 467 g/mol. The second kappa shape index (κ2) is 10.0. The van der Waals surface area contributed by atoms with Gasteiger partial charge in [-0.05, 0) is 29.8 Å². The maximum absolute atomic E-state index is 14.3. The van der Waals surface area contributed by atoms with Gasteiger partial charge in [0, 0.05) is 30.1 Å². The fourth-order valence-corrected chi connectivity index (χ4v) is 3.41. The van der Waals surface area contributed by atoms with Crippen molar-refractivity contribution in [3.05, 3.63) is 69.9 Å². The number of aliphatic hydroxyl groups excluding tert-OH is 2. The van der Waals surface area contributed by atoms with Crippen LogP contribution in [-0.4, -0.2) is 40.4 Å². The summed E-state index contributed by atoms with van der Waals surface area (Å²) in [4.78, 5) is 25.3. The predicted molar refractivity (Wildman–Crippen MR) is 115 cm³/mol. The van der Waals surface area contributed by atoms with E-state index in [2.05, 4.69) is 10.6 Å². The van der Waals surface area contributed by atoms with Crippen LogP contribution >= 0.6 is 0 Å². The van der Waals surface area contributed by atoms with Gasteiger partial charge in [0.1, 0.15) is 5.82 Å². The number of benzene rings is 2. The Morgan fingerprint density at radius 2 is 1.79 bits per heavy atom. The highest BCUT2D eigenvalue weighted by Crippen LogP contribution is 2.33. The number of alkyl halides is 3. The second-order valence-corrected chi connectivity index (χ2v) is 7.14. The topological polar surface area (TPSA) is 104 Å². The predicted octanol–water partition coefficient (Wildman–Crippen LogP) is 2.74. The quantitative estimate of drug-likeness (QED) is 0.382. The molecule has 0 aliphatic rings. The number of carbonyl (C=O) groups excluding carboxylic acids is 1. The minimum absolute atomic E-state index is 0.0653. The first-order chi connectivity index (χ1) is 15.7. The molecule has 11 heteroatoms. The maximum atomic E-state index is 14.3. The van der Waals surface area contributed by atoms with E-state index in [9.17, 15) is 27.2 Å².